The monoisotopic (exact) mass is 514 g/mol. The van der Waals surface area contributed by atoms with Gasteiger partial charge in [-0.1, -0.05) is 0 Å². The van der Waals surface area contributed by atoms with E-state index in [0.29, 0.717) is 18.5 Å². The van der Waals surface area contributed by atoms with E-state index in [0.717, 1.165) is 25.2 Å². The van der Waals surface area contributed by atoms with Crippen molar-refractivity contribution >= 4 is 17.9 Å². The van der Waals surface area contributed by atoms with Crippen LogP contribution in [0.4, 0.5) is 32.3 Å². The molecule has 16 heteroatoms. The number of carboxylic acids is 2. The average molecular weight is 514 g/mol. The smallest absolute Gasteiger partial charge is 0.475 e. The number of carboxylic acid groups (broad SMARTS) is 2. The largest absolute Gasteiger partial charge is 0.490 e. The molecule has 2 aromatic heterocycles. The molecular weight excluding hydrogens is 490 g/mol. The summed E-state index contributed by atoms with van der Waals surface area (Å²) in [5.74, 6) is -4.86. The number of rotatable bonds is 4. The van der Waals surface area contributed by atoms with Gasteiger partial charge in [-0.3, -0.25) is 4.68 Å². The van der Waals surface area contributed by atoms with Gasteiger partial charge in [-0.05, 0) is 33.4 Å². The second kappa shape index (κ2) is 12.3. The third-order valence-corrected chi connectivity index (χ3v) is 4.32. The van der Waals surface area contributed by atoms with E-state index in [-0.39, 0.29) is 0 Å². The maximum atomic E-state index is 10.6. The highest BCUT2D eigenvalue weighted by Gasteiger charge is 2.38. The van der Waals surface area contributed by atoms with Gasteiger partial charge in [0.15, 0.2) is 0 Å². The highest BCUT2D eigenvalue weighted by atomic mass is 19.4. The van der Waals surface area contributed by atoms with Crippen molar-refractivity contribution in [3.63, 3.8) is 0 Å². The second-order valence-electron chi connectivity index (χ2n) is 7.43. The number of fused-ring (bicyclic) bond motifs is 1. The van der Waals surface area contributed by atoms with Gasteiger partial charge in [0.05, 0.1) is 17.9 Å². The number of anilines is 1. The van der Waals surface area contributed by atoms with E-state index in [2.05, 4.69) is 45.8 Å². The predicted octanol–water partition coefficient (Wildman–Crippen LogP) is 3.12. The molecule has 2 aromatic rings. The fourth-order valence-corrected chi connectivity index (χ4v) is 2.77. The molecule has 35 heavy (non-hydrogen) atoms. The molecule has 1 aliphatic rings. The van der Waals surface area contributed by atoms with Crippen LogP contribution in [0, 0.1) is 0 Å². The summed E-state index contributed by atoms with van der Waals surface area (Å²) >= 11 is 0. The Morgan fingerprint density at radius 2 is 1.54 bits per heavy atom. The first kappa shape index (κ1) is 29.6. The minimum absolute atomic E-state index is 0.381. The first-order valence-electron chi connectivity index (χ1n) is 9.92. The number of nitrogens with one attached hydrogen (secondary N) is 1. The van der Waals surface area contributed by atoms with E-state index in [9.17, 15) is 26.3 Å². The third kappa shape index (κ3) is 9.76. The maximum absolute atomic E-state index is 10.6. The predicted molar refractivity (Wildman–Crippen MR) is 109 cm³/mol. The van der Waals surface area contributed by atoms with Gasteiger partial charge >= 0.3 is 24.3 Å². The maximum Gasteiger partial charge on any atom is 0.490 e. The third-order valence-electron chi connectivity index (χ3n) is 4.32. The lowest BCUT2D eigenvalue weighted by molar-refractivity contribution is -0.193. The molecule has 3 rings (SSSR count). The molecule has 10 nitrogen and oxygen atoms in total. The molecule has 0 fully saturated rings. The van der Waals surface area contributed by atoms with Crippen molar-refractivity contribution < 1.29 is 46.1 Å². The number of halogens is 6. The lowest BCUT2D eigenvalue weighted by Gasteiger charge is -2.24. The molecule has 196 valence electrons. The Hall–Kier alpha value is -3.43. The van der Waals surface area contributed by atoms with Crippen LogP contribution < -0.4 is 5.32 Å². The Labute approximate surface area is 195 Å². The van der Waals surface area contributed by atoms with Gasteiger partial charge in [-0.25, -0.2) is 19.6 Å². The molecule has 0 radical (unpaired) electrons. The molecule has 0 bridgehead atoms. The van der Waals surface area contributed by atoms with E-state index in [1.807, 2.05) is 6.07 Å². The van der Waals surface area contributed by atoms with E-state index in [1.165, 1.54) is 11.3 Å². The zero-order valence-electron chi connectivity index (χ0n) is 18.9. The normalized spacial score (nSPS) is 13.7. The molecule has 1 aliphatic heterocycles. The quantitative estimate of drug-likeness (QED) is 0.526. The summed E-state index contributed by atoms with van der Waals surface area (Å²) in [5, 5.41) is 22.3. The number of nitrogens with zero attached hydrogens (tertiary/aromatic N) is 5. The zero-order valence-corrected chi connectivity index (χ0v) is 18.9. The summed E-state index contributed by atoms with van der Waals surface area (Å²) in [6.45, 7) is 7.10. The fourth-order valence-electron chi connectivity index (χ4n) is 2.77. The Morgan fingerprint density at radius 1 is 1.06 bits per heavy atom. The Balaban J connectivity index is 0.000000362. The summed E-state index contributed by atoms with van der Waals surface area (Å²) in [5.41, 5.74) is 3.87. The Kier molecular flexibility index (Phi) is 10.4. The summed E-state index contributed by atoms with van der Waals surface area (Å²) in [6.07, 6.45) is -5.62. The fraction of sp³-hybridized carbons (Fsp3) is 0.526. The summed E-state index contributed by atoms with van der Waals surface area (Å²) in [7, 11) is 2.16. The van der Waals surface area contributed by atoms with Crippen molar-refractivity contribution in [2.24, 2.45) is 0 Å². The van der Waals surface area contributed by atoms with Crippen molar-refractivity contribution in [1.82, 2.24) is 24.6 Å². The van der Waals surface area contributed by atoms with Gasteiger partial charge in [-0.2, -0.15) is 31.4 Å². The van der Waals surface area contributed by atoms with Crippen LogP contribution in [-0.4, -0.2) is 72.7 Å². The number of alkyl halides is 6. The van der Waals surface area contributed by atoms with Crippen molar-refractivity contribution in [1.29, 1.82) is 0 Å². The number of likely N-dealkylation sites (N-methyl/N-ethyl adjacent to an activating group) is 1. The van der Waals surface area contributed by atoms with Crippen LogP contribution in [0.3, 0.4) is 0 Å². The van der Waals surface area contributed by atoms with Crippen LogP contribution in [-0.2, 0) is 29.1 Å². The lowest BCUT2D eigenvalue weighted by Crippen LogP contribution is -2.28. The van der Waals surface area contributed by atoms with Crippen LogP contribution in [0.15, 0.2) is 18.5 Å². The minimum Gasteiger partial charge on any atom is -0.475 e. The number of aromatic nitrogens is 4. The highest BCUT2D eigenvalue weighted by molar-refractivity contribution is 5.73. The molecule has 0 saturated heterocycles. The molecule has 3 N–H and O–H groups in total. The van der Waals surface area contributed by atoms with Crippen LogP contribution >= 0.6 is 0 Å². The first-order chi connectivity index (χ1) is 16.0. The molecule has 0 unspecified atom stereocenters. The van der Waals surface area contributed by atoms with Gasteiger partial charge in [0, 0.05) is 37.1 Å². The van der Waals surface area contributed by atoms with Gasteiger partial charge in [0.25, 0.3) is 0 Å². The summed E-state index contributed by atoms with van der Waals surface area (Å²) in [4.78, 5) is 28.5. The van der Waals surface area contributed by atoms with Crippen molar-refractivity contribution in [2.45, 2.75) is 51.8 Å². The number of aliphatic carboxylic acids is 2. The molecule has 0 saturated carbocycles. The van der Waals surface area contributed by atoms with E-state index in [4.69, 9.17) is 24.9 Å². The molecule has 0 aromatic carbocycles. The number of hydrogen-bond acceptors (Lipinski definition) is 7. The molecule has 0 amide bonds. The minimum atomic E-state index is -5.08. The van der Waals surface area contributed by atoms with Crippen molar-refractivity contribution in [2.75, 3.05) is 18.9 Å². The van der Waals surface area contributed by atoms with E-state index >= 15 is 0 Å². The number of hydrogen-bond donors (Lipinski definition) is 3. The SMILES string of the molecule is CC(C)n1nc(CNc2ncccn2)c2c1CN(C)CC2.O=C(O)C(F)(F)F.O=C(O)C(F)(F)F. The average Bonchev–Trinajstić information content (AvgIpc) is 3.10. The number of carbonyl (C=O) groups is 2. The zero-order chi connectivity index (χ0) is 27.0. The second-order valence-corrected chi connectivity index (χ2v) is 7.43. The van der Waals surface area contributed by atoms with Gasteiger partial charge in [0.2, 0.25) is 5.95 Å². The topological polar surface area (TPSA) is 133 Å². The Bertz CT molecular complexity index is 955. The van der Waals surface area contributed by atoms with Gasteiger partial charge in [0.1, 0.15) is 0 Å². The highest BCUT2D eigenvalue weighted by Crippen LogP contribution is 2.25. The van der Waals surface area contributed by atoms with E-state index < -0.39 is 24.3 Å². The Morgan fingerprint density at radius 3 is 1.97 bits per heavy atom. The molecule has 0 aliphatic carbocycles. The van der Waals surface area contributed by atoms with E-state index in [1.54, 1.807) is 12.4 Å². The molecule has 0 spiro atoms. The van der Waals surface area contributed by atoms with Gasteiger partial charge in [-0.15, -0.1) is 0 Å². The van der Waals surface area contributed by atoms with Crippen LogP contribution in [0.1, 0.15) is 36.8 Å². The molecular formula is C19H24F6N6O4. The molecule has 3 heterocycles. The van der Waals surface area contributed by atoms with Crippen LogP contribution in [0.2, 0.25) is 0 Å². The van der Waals surface area contributed by atoms with Crippen LogP contribution in [0.5, 0.6) is 0 Å². The lowest BCUT2D eigenvalue weighted by atomic mass is 10.0. The van der Waals surface area contributed by atoms with Crippen molar-refractivity contribution in [3.8, 4) is 0 Å². The standard InChI is InChI=1S/C15H22N6.2C2HF3O2/c1-11(2)21-14-10-20(3)8-5-12(14)13(19-21)9-18-15-16-6-4-7-17-15;2*3-2(4,5)1(6)7/h4,6-7,11H,5,8-10H2,1-3H3,(H,16,17,18);2*(H,6,7). The van der Waals surface area contributed by atoms with Crippen LogP contribution in [0.25, 0.3) is 0 Å². The van der Waals surface area contributed by atoms with Gasteiger partial charge < -0.3 is 20.4 Å². The molecule has 0 atom stereocenters. The summed E-state index contributed by atoms with van der Waals surface area (Å²) < 4.78 is 65.6. The summed E-state index contributed by atoms with van der Waals surface area (Å²) in [6, 6.07) is 2.20. The first-order valence-corrected chi connectivity index (χ1v) is 9.92. The van der Waals surface area contributed by atoms with Crippen molar-refractivity contribution in [3.05, 3.63) is 35.4 Å².